The number of nitrogens with zero attached hydrogens (tertiary/aromatic N) is 1. The summed E-state index contributed by atoms with van der Waals surface area (Å²) in [6.07, 6.45) is 6.90. The summed E-state index contributed by atoms with van der Waals surface area (Å²) in [4.78, 5) is 4.92. The minimum absolute atomic E-state index is 1.27. The Kier molecular flexibility index (Phi) is 7.85. The number of thiazole rings is 1. The maximum absolute atomic E-state index is 4.92. The summed E-state index contributed by atoms with van der Waals surface area (Å²) in [5.74, 6) is 0. The predicted octanol–water partition coefficient (Wildman–Crippen LogP) is 5.12. The van der Waals surface area contributed by atoms with E-state index in [9.17, 15) is 0 Å². The Labute approximate surface area is 121 Å². The van der Waals surface area contributed by atoms with Crippen LogP contribution in [0.5, 0.6) is 0 Å². The van der Waals surface area contributed by atoms with Crippen molar-refractivity contribution in [1.29, 1.82) is 0 Å². The van der Waals surface area contributed by atoms with Gasteiger partial charge in [-0.25, -0.2) is 0 Å². The predicted molar refractivity (Wildman–Crippen MR) is 86.8 cm³/mol. The van der Waals surface area contributed by atoms with Crippen LogP contribution in [-0.4, -0.2) is 23.4 Å². The van der Waals surface area contributed by atoms with E-state index in [1.807, 2.05) is 11.3 Å². The van der Waals surface area contributed by atoms with Crippen molar-refractivity contribution < 1.29 is 0 Å². The van der Waals surface area contributed by atoms with Gasteiger partial charge >= 0.3 is 122 Å². The third kappa shape index (κ3) is 4.52. The molecule has 0 radical (unpaired) electrons. The molecule has 3 heteroatoms. The quantitative estimate of drug-likeness (QED) is 0.547. The monoisotopic (exact) mass is 375 g/mol. The van der Waals surface area contributed by atoms with E-state index in [-0.39, 0.29) is 0 Å². The van der Waals surface area contributed by atoms with Gasteiger partial charge in [0.15, 0.2) is 0 Å². The molecule has 0 unspecified atom stereocenters. The van der Waals surface area contributed by atoms with E-state index in [1.165, 1.54) is 50.4 Å². The standard InChI is InChI=1S/C4H4NS.2C4H9.C3H7.Sn/c1-4-5-2-3-6-4;2*1-3-4-2;1-3-2;/h3H,1H3;2*1,3-4H2,2H3;1,3H2,2H3;. The van der Waals surface area contributed by atoms with Gasteiger partial charge in [0.25, 0.3) is 0 Å². The molecule has 0 fully saturated rings. The van der Waals surface area contributed by atoms with Crippen molar-refractivity contribution >= 4 is 33.4 Å². The third-order valence-electron chi connectivity index (χ3n) is 3.91. The van der Waals surface area contributed by atoms with Crippen LogP contribution in [0.25, 0.3) is 0 Å². The molecule has 1 heterocycles. The number of aryl methyl sites for hydroxylation is 1. The van der Waals surface area contributed by atoms with Gasteiger partial charge in [-0.3, -0.25) is 0 Å². The minimum atomic E-state index is -2.14. The van der Waals surface area contributed by atoms with Gasteiger partial charge in [0.2, 0.25) is 0 Å². The first-order valence-electron chi connectivity index (χ1n) is 7.61. The molecule has 1 aromatic rings. The van der Waals surface area contributed by atoms with Gasteiger partial charge in [0.1, 0.15) is 0 Å². The molecule has 0 aliphatic rings. The van der Waals surface area contributed by atoms with E-state index in [0.717, 1.165) is 0 Å². The molecule has 1 nitrogen and oxygen atoms in total. The molecule has 1 aromatic heterocycles. The molecule has 104 valence electrons. The molecule has 0 aliphatic carbocycles. The van der Waals surface area contributed by atoms with E-state index in [4.69, 9.17) is 4.98 Å². The van der Waals surface area contributed by atoms with E-state index in [2.05, 4.69) is 33.1 Å². The van der Waals surface area contributed by atoms with Gasteiger partial charge in [-0.1, -0.05) is 0 Å². The van der Waals surface area contributed by atoms with Crippen molar-refractivity contribution in [1.82, 2.24) is 4.98 Å². The van der Waals surface area contributed by atoms with E-state index < -0.39 is 18.4 Å². The zero-order chi connectivity index (χ0) is 13.4. The van der Waals surface area contributed by atoms with Crippen LogP contribution in [0.15, 0.2) is 5.38 Å². The molecular weight excluding hydrogens is 345 g/mol. The van der Waals surface area contributed by atoms with Crippen LogP contribution in [0.2, 0.25) is 13.3 Å². The van der Waals surface area contributed by atoms with Gasteiger partial charge in [0.05, 0.1) is 0 Å². The molecular formula is C15H29NSSn. The normalized spacial score (nSPS) is 12.0. The van der Waals surface area contributed by atoms with Gasteiger partial charge in [0, 0.05) is 0 Å². The average Bonchev–Trinajstić information content (AvgIpc) is 2.80. The van der Waals surface area contributed by atoms with Crippen LogP contribution in [0, 0.1) is 6.92 Å². The molecule has 0 N–H and O–H groups in total. The fraction of sp³-hybridized carbons (Fsp3) is 0.800. The first-order chi connectivity index (χ1) is 8.68. The second-order valence-corrected chi connectivity index (χ2v) is 19.6. The van der Waals surface area contributed by atoms with Crippen molar-refractivity contribution in [3.63, 3.8) is 0 Å². The van der Waals surface area contributed by atoms with E-state index in [0.29, 0.717) is 0 Å². The number of unbranched alkanes of at least 4 members (excludes halogenated alkanes) is 2. The molecule has 0 aliphatic heterocycles. The summed E-state index contributed by atoms with van der Waals surface area (Å²) < 4.78 is 6.16. The van der Waals surface area contributed by atoms with Gasteiger partial charge < -0.3 is 0 Å². The van der Waals surface area contributed by atoms with Gasteiger partial charge in [-0.05, 0) is 0 Å². The Morgan fingerprint density at radius 2 is 1.61 bits per heavy atom. The molecule has 0 saturated heterocycles. The molecule has 0 spiro atoms. The zero-order valence-corrected chi connectivity index (χ0v) is 16.3. The van der Waals surface area contributed by atoms with Crippen LogP contribution >= 0.6 is 11.3 Å². The summed E-state index contributed by atoms with van der Waals surface area (Å²) >= 11 is -0.278. The number of hydrogen-bond acceptors (Lipinski definition) is 2. The number of rotatable bonds is 9. The molecule has 18 heavy (non-hydrogen) atoms. The van der Waals surface area contributed by atoms with Gasteiger partial charge in [-0.15, -0.1) is 0 Å². The topological polar surface area (TPSA) is 12.9 Å². The Balaban J connectivity index is 2.93. The summed E-state index contributed by atoms with van der Waals surface area (Å²) in [6, 6.07) is 0. The molecule has 0 amide bonds. The number of aromatic nitrogens is 1. The van der Waals surface area contributed by atoms with Crippen molar-refractivity contribution in [2.45, 2.75) is 73.1 Å². The second kappa shape index (κ2) is 8.57. The fourth-order valence-electron chi connectivity index (χ4n) is 2.88. The second-order valence-electron chi connectivity index (χ2n) is 5.49. The third-order valence-corrected chi connectivity index (χ3v) is 20.8. The average molecular weight is 374 g/mol. The van der Waals surface area contributed by atoms with Crippen molar-refractivity contribution in [2.24, 2.45) is 0 Å². The van der Waals surface area contributed by atoms with Crippen molar-refractivity contribution in [2.75, 3.05) is 0 Å². The van der Waals surface area contributed by atoms with Gasteiger partial charge in [-0.2, -0.15) is 0 Å². The molecule has 0 bridgehead atoms. The molecule has 1 rings (SSSR count). The fourth-order valence-corrected chi connectivity index (χ4v) is 20.6. The SMILES string of the molecule is CCC[CH2][Sn]([CH2]CC)([CH2]CCC)[c]1csc(C)n1. The summed E-state index contributed by atoms with van der Waals surface area (Å²) in [5.41, 5.74) is 0. The van der Waals surface area contributed by atoms with Crippen molar-refractivity contribution in [3.8, 4) is 0 Å². The van der Waals surface area contributed by atoms with Crippen LogP contribution in [0.3, 0.4) is 0 Å². The van der Waals surface area contributed by atoms with Crippen LogP contribution < -0.4 is 3.71 Å². The number of hydrogen-bond donors (Lipinski definition) is 0. The van der Waals surface area contributed by atoms with E-state index in [1.54, 1.807) is 3.71 Å². The van der Waals surface area contributed by atoms with Crippen LogP contribution in [-0.2, 0) is 0 Å². The Morgan fingerprint density at radius 1 is 1.00 bits per heavy atom. The Morgan fingerprint density at radius 3 is 2.00 bits per heavy atom. The Bertz CT molecular complexity index is 327. The summed E-state index contributed by atoms with van der Waals surface area (Å²) in [5, 5.41) is 3.68. The van der Waals surface area contributed by atoms with Crippen LogP contribution in [0.1, 0.15) is 57.9 Å². The maximum atomic E-state index is 4.92. The van der Waals surface area contributed by atoms with Crippen molar-refractivity contribution in [3.05, 3.63) is 10.4 Å². The molecule has 0 saturated carbocycles. The zero-order valence-electron chi connectivity index (χ0n) is 12.6. The summed E-state index contributed by atoms with van der Waals surface area (Å²) in [6.45, 7) is 9.18. The summed E-state index contributed by atoms with van der Waals surface area (Å²) in [7, 11) is 0. The molecule has 0 aromatic carbocycles. The first-order valence-corrected chi connectivity index (χ1v) is 16.0. The molecule has 0 atom stereocenters. The van der Waals surface area contributed by atoms with Crippen LogP contribution in [0.4, 0.5) is 0 Å². The first kappa shape index (κ1) is 16.5. The van der Waals surface area contributed by atoms with E-state index >= 15 is 0 Å². The Hall–Kier alpha value is 0.429.